The second-order valence-electron chi connectivity index (χ2n) is 5.63. The summed E-state index contributed by atoms with van der Waals surface area (Å²) in [6.07, 6.45) is -4.54. The number of ether oxygens (including phenoxy) is 1. The Morgan fingerprint density at radius 2 is 2.03 bits per heavy atom. The molecule has 1 amide bonds. The van der Waals surface area contributed by atoms with E-state index in [4.69, 9.17) is 20.8 Å². The van der Waals surface area contributed by atoms with Gasteiger partial charge in [-0.25, -0.2) is 0 Å². The topological polar surface area (TPSA) is 77.2 Å². The third-order valence-corrected chi connectivity index (χ3v) is 4.77. The average molecular weight is 444 g/mol. The van der Waals surface area contributed by atoms with Crippen LogP contribution in [0.1, 0.15) is 5.56 Å². The molecule has 0 saturated carbocycles. The Morgan fingerprint density at radius 1 is 1.24 bits per heavy atom. The molecule has 0 radical (unpaired) electrons. The maximum absolute atomic E-state index is 12.8. The molecule has 0 spiro atoms. The monoisotopic (exact) mass is 443 g/mol. The molecule has 3 aromatic rings. The van der Waals surface area contributed by atoms with Gasteiger partial charge in [-0.15, -0.1) is 10.2 Å². The van der Waals surface area contributed by atoms with E-state index in [1.165, 1.54) is 7.11 Å². The van der Waals surface area contributed by atoms with E-state index in [2.05, 4.69) is 15.5 Å². The second kappa shape index (κ2) is 8.75. The molecule has 0 bridgehead atoms. The van der Waals surface area contributed by atoms with Crippen LogP contribution in [0.25, 0.3) is 11.5 Å². The predicted molar refractivity (Wildman–Crippen MR) is 102 cm³/mol. The Hall–Kier alpha value is -2.72. The SMILES string of the molecule is COc1cccc(-c2nnc(SCC(=O)Nc3cc(C(F)(F)F)ccc3Cl)o2)c1. The van der Waals surface area contributed by atoms with E-state index in [0.29, 0.717) is 11.3 Å². The van der Waals surface area contributed by atoms with E-state index >= 15 is 0 Å². The van der Waals surface area contributed by atoms with Crippen molar-refractivity contribution in [2.45, 2.75) is 11.4 Å². The molecule has 3 rings (SSSR count). The van der Waals surface area contributed by atoms with Gasteiger partial charge in [0.15, 0.2) is 0 Å². The molecule has 0 atom stereocenters. The summed E-state index contributed by atoms with van der Waals surface area (Å²) in [6.45, 7) is 0. The third kappa shape index (κ3) is 5.42. The lowest BCUT2D eigenvalue weighted by atomic mass is 10.2. The zero-order chi connectivity index (χ0) is 21.0. The molecule has 0 aliphatic carbocycles. The fraction of sp³-hybridized carbons (Fsp3) is 0.167. The van der Waals surface area contributed by atoms with Crippen LogP contribution >= 0.6 is 23.4 Å². The number of aromatic nitrogens is 2. The first kappa shape index (κ1) is 21.0. The van der Waals surface area contributed by atoms with Gasteiger partial charge in [0.1, 0.15) is 5.75 Å². The summed E-state index contributed by atoms with van der Waals surface area (Å²) in [5, 5.41) is 10.2. The third-order valence-electron chi connectivity index (χ3n) is 3.62. The summed E-state index contributed by atoms with van der Waals surface area (Å²) in [7, 11) is 1.53. The molecular formula is C18H13ClF3N3O3S. The molecule has 2 aromatic carbocycles. The fourth-order valence-corrected chi connectivity index (χ4v) is 2.98. The number of nitrogens with zero attached hydrogens (tertiary/aromatic N) is 2. The van der Waals surface area contributed by atoms with Gasteiger partial charge in [-0.05, 0) is 36.4 Å². The molecule has 0 aliphatic heterocycles. The van der Waals surface area contributed by atoms with E-state index in [1.807, 2.05) is 0 Å². The van der Waals surface area contributed by atoms with Crippen molar-refractivity contribution in [2.24, 2.45) is 0 Å². The molecule has 1 heterocycles. The van der Waals surface area contributed by atoms with Gasteiger partial charge in [0, 0.05) is 5.56 Å². The number of methoxy groups -OCH3 is 1. The minimum absolute atomic E-state index is 0.00514. The first-order chi connectivity index (χ1) is 13.8. The van der Waals surface area contributed by atoms with E-state index in [1.54, 1.807) is 24.3 Å². The summed E-state index contributed by atoms with van der Waals surface area (Å²) in [5.41, 5.74) is -0.400. The zero-order valence-corrected chi connectivity index (χ0v) is 16.4. The van der Waals surface area contributed by atoms with Crippen LogP contribution in [0.3, 0.4) is 0 Å². The van der Waals surface area contributed by atoms with Crippen LogP contribution in [-0.4, -0.2) is 29.0 Å². The number of anilines is 1. The molecule has 0 aliphatic rings. The molecule has 0 unspecified atom stereocenters. The number of halogens is 4. The number of hydrogen-bond donors (Lipinski definition) is 1. The molecule has 6 nitrogen and oxygen atoms in total. The Labute approximate surface area is 172 Å². The van der Waals surface area contributed by atoms with Gasteiger partial charge < -0.3 is 14.5 Å². The van der Waals surface area contributed by atoms with Crippen molar-refractivity contribution in [3.05, 3.63) is 53.1 Å². The predicted octanol–water partition coefficient (Wildman–Crippen LogP) is 5.15. The van der Waals surface area contributed by atoms with Crippen LogP contribution in [0, 0.1) is 0 Å². The largest absolute Gasteiger partial charge is 0.497 e. The molecule has 0 fully saturated rings. The van der Waals surface area contributed by atoms with E-state index in [-0.39, 0.29) is 27.6 Å². The van der Waals surface area contributed by atoms with Crippen LogP contribution < -0.4 is 10.1 Å². The van der Waals surface area contributed by atoms with Gasteiger partial charge >= 0.3 is 6.18 Å². The van der Waals surface area contributed by atoms with Gasteiger partial charge in [0.05, 0.1) is 29.1 Å². The van der Waals surface area contributed by atoms with E-state index < -0.39 is 17.6 Å². The fourth-order valence-electron chi connectivity index (χ4n) is 2.25. The van der Waals surface area contributed by atoms with Crippen molar-refractivity contribution < 1.29 is 27.1 Å². The van der Waals surface area contributed by atoms with Crippen molar-refractivity contribution in [3.8, 4) is 17.2 Å². The molecular weight excluding hydrogens is 431 g/mol. The lowest BCUT2D eigenvalue weighted by Gasteiger charge is -2.11. The van der Waals surface area contributed by atoms with Crippen molar-refractivity contribution in [1.82, 2.24) is 10.2 Å². The minimum Gasteiger partial charge on any atom is -0.497 e. The molecule has 0 saturated heterocycles. The van der Waals surface area contributed by atoms with Crippen LogP contribution in [0.2, 0.25) is 5.02 Å². The van der Waals surface area contributed by atoms with Crippen LogP contribution in [-0.2, 0) is 11.0 Å². The highest BCUT2D eigenvalue weighted by molar-refractivity contribution is 7.99. The van der Waals surface area contributed by atoms with Crippen molar-refractivity contribution in [2.75, 3.05) is 18.2 Å². The Morgan fingerprint density at radius 3 is 2.76 bits per heavy atom. The van der Waals surface area contributed by atoms with Crippen molar-refractivity contribution >= 4 is 35.0 Å². The van der Waals surface area contributed by atoms with Crippen LogP contribution in [0.5, 0.6) is 5.75 Å². The number of thioether (sulfide) groups is 1. The molecule has 152 valence electrons. The van der Waals surface area contributed by atoms with Gasteiger partial charge in [0.2, 0.25) is 11.8 Å². The summed E-state index contributed by atoms with van der Waals surface area (Å²) in [4.78, 5) is 12.1. The number of rotatable bonds is 6. The Bertz CT molecular complexity index is 1030. The normalized spacial score (nSPS) is 11.3. The molecule has 29 heavy (non-hydrogen) atoms. The van der Waals surface area contributed by atoms with E-state index in [0.717, 1.165) is 30.0 Å². The minimum atomic E-state index is -4.54. The number of nitrogens with one attached hydrogen (secondary N) is 1. The highest BCUT2D eigenvalue weighted by Gasteiger charge is 2.31. The molecule has 1 aromatic heterocycles. The summed E-state index contributed by atoms with van der Waals surface area (Å²) < 4.78 is 49.0. The highest BCUT2D eigenvalue weighted by Crippen LogP contribution is 2.34. The van der Waals surface area contributed by atoms with Crippen molar-refractivity contribution in [1.29, 1.82) is 0 Å². The molecule has 11 heteroatoms. The van der Waals surface area contributed by atoms with Gasteiger partial charge in [-0.3, -0.25) is 4.79 Å². The van der Waals surface area contributed by atoms with Crippen LogP contribution in [0.4, 0.5) is 18.9 Å². The number of alkyl halides is 3. The summed E-state index contributed by atoms with van der Waals surface area (Å²) >= 11 is 6.80. The Kier molecular flexibility index (Phi) is 6.33. The lowest BCUT2D eigenvalue weighted by molar-refractivity contribution is -0.137. The number of carbonyl (C=O) groups excluding carboxylic acids is 1. The number of amides is 1. The number of hydrogen-bond acceptors (Lipinski definition) is 6. The first-order valence-electron chi connectivity index (χ1n) is 8.03. The van der Waals surface area contributed by atoms with Crippen molar-refractivity contribution in [3.63, 3.8) is 0 Å². The standard InChI is InChI=1S/C18H13ClF3N3O3S/c1-27-12-4-2-3-10(7-12)16-24-25-17(28-16)29-9-15(26)23-14-8-11(18(20,21)22)5-6-13(14)19/h2-8H,9H2,1H3,(H,23,26). The number of carbonyl (C=O) groups is 1. The van der Waals surface area contributed by atoms with Gasteiger partial charge in [-0.1, -0.05) is 29.4 Å². The smallest absolute Gasteiger partial charge is 0.416 e. The maximum atomic E-state index is 12.8. The average Bonchev–Trinajstić information content (AvgIpc) is 3.16. The van der Waals surface area contributed by atoms with Gasteiger partial charge in [-0.2, -0.15) is 13.2 Å². The Balaban J connectivity index is 1.62. The second-order valence-corrected chi connectivity index (χ2v) is 6.97. The van der Waals surface area contributed by atoms with Gasteiger partial charge in [0.25, 0.3) is 5.22 Å². The first-order valence-corrected chi connectivity index (χ1v) is 9.40. The molecule has 1 N–H and O–H groups in total. The summed E-state index contributed by atoms with van der Waals surface area (Å²) in [6, 6.07) is 9.68. The van der Waals surface area contributed by atoms with E-state index in [9.17, 15) is 18.0 Å². The maximum Gasteiger partial charge on any atom is 0.416 e. The highest BCUT2D eigenvalue weighted by atomic mass is 35.5. The summed E-state index contributed by atoms with van der Waals surface area (Å²) in [5.74, 6) is 0.129. The number of benzene rings is 2. The lowest BCUT2D eigenvalue weighted by Crippen LogP contribution is -2.15. The van der Waals surface area contributed by atoms with Crippen LogP contribution in [0.15, 0.2) is 52.1 Å². The zero-order valence-electron chi connectivity index (χ0n) is 14.8. The quantitative estimate of drug-likeness (QED) is 0.531.